The van der Waals surface area contributed by atoms with Crippen LogP contribution in [0.1, 0.15) is 6.92 Å². The molecule has 0 unspecified atom stereocenters. The van der Waals surface area contributed by atoms with Crippen LogP contribution in [-0.4, -0.2) is 16.4 Å². The van der Waals surface area contributed by atoms with Gasteiger partial charge < -0.3 is 0 Å². The van der Waals surface area contributed by atoms with Crippen LogP contribution in [0.3, 0.4) is 0 Å². The van der Waals surface area contributed by atoms with Crippen molar-refractivity contribution >= 4 is 44.7 Å². The molecule has 94 valence electrons. The summed E-state index contributed by atoms with van der Waals surface area (Å²) in [6, 6.07) is 9.00. The smallest absolute Gasteiger partial charge is 0.237 e. The normalized spacial score (nSPS) is 9.63. The topological polar surface area (TPSA) is 84.9 Å². The number of fused-ring (bicyclic) bond motifs is 1. The molecule has 7 heteroatoms. The van der Waals surface area contributed by atoms with Crippen LogP contribution in [0.2, 0.25) is 0 Å². The Bertz CT molecular complexity index is 689. The van der Waals surface area contributed by atoms with E-state index in [4.69, 9.17) is 10.5 Å². The second kappa shape index (κ2) is 6.19. The van der Waals surface area contributed by atoms with E-state index in [1.165, 1.54) is 0 Å². The summed E-state index contributed by atoms with van der Waals surface area (Å²) in [4.78, 5) is 4.48. The number of thioether (sulfide) groups is 1. The van der Waals surface area contributed by atoms with Gasteiger partial charge in [0, 0.05) is 0 Å². The molecular formula is C12H9N5S2. The van der Waals surface area contributed by atoms with Crippen molar-refractivity contribution in [1.82, 2.24) is 4.98 Å². The van der Waals surface area contributed by atoms with E-state index < -0.39 is 0 Å². The highest BCUT2D eigenvalue weighted by atomic mass is 32.2. The number of benzene rings is 1. The maximum absolute atomic E-state index is 8.58. The number of hydrogen-bond donors (Lipinski definition) is 1. The Morgan fingerprint density at radius 3 is 2.95 bits per heavy atom. The maximum atomic E-state index is 8.58. The summed E-state index contributed by atoms with van der Waals surface area (Å²) >= 11 is 3.32. The van der Waals surface area contributed by atoms with Crippen molar-refractivity contribution in [3.63, 3.8) is 0 Å². The van der Waals surface area contributed by atoms with Gasteiger partial charge in [0.1, 0.15) is 12.1 Å². The number of rotatable bonds is 4. The molecule has 2 aromatic rings. The lowest BCUT2D eigenvalue weighted by Crippen LogP contribution is -1.95. The molecule has 0 aliphatic heterocycles. The van der Waals surface area contributed by atoms with E-state index in [1.54, 1.807) is 35.2 Å². The van der Waals surface area contributed by atoms with Gasteiger partial charge in [-0.2, -0.15) is 15.6 Å². The first-order chi connectivity index (χ1) is 9.26. The fraction of sp³-hybridized carbons (Fsp3) is 0.167. The first kappa shape index (κ1) is 13.3. The molecule has 0 radical (unpaired) electrons. The summed E-state index contributed by atoms with van der Waals surface area (Å²) in [5.41, 5.74) is 4.16. The third-order valence-corrected chi connectivity index (χ3v) is 4.19. The van der Waals surface area contributed by atoms with Gasteiger partial charge in [0.15, 0.2) is 4.34 Å². The number of hydrazone groups is 1. The lowest BCUT2D eigenvalue weighted by molar-refractivity contribution is 1.29. The predicted octanol–water partition coefficient (Wildman–Crippen LogP) is 3.22. The average molecular weight is 287 g/mol. The Labute approximate surface area is 118 Å². The van der Waals surface area contributed by atoms with Gasteiger partial charge in [-0.3, -0.25) is 5.43 Å². The highest BCUT2D eigenvalue weighted by Crippen LogP contribution is 2.30. The second-order valence-corrected chi connectivity index (χ2v) is 5.93. The van der Waals surface area contributed by atoms with Gasteiger partial charge >= 0.3 is 0 Å². The molecule has 0 aliphatic rings. The van der Waals surface area contributed by atoms with Gasteiger partial charge in [0.2, 0.25) is 5.71 Å². The molecule has 1 aromatic heterocycles. The Hall–Kier alpha value is -2.09. The summed E-state index contributed by atoms with van der Waals surface area (Å²) in [6.45, 7) is 2.09. The van der Waals surface area contributed by atoms with Crippen LogP contribution in [-0.2, 0) is 0 Å². The van der Waals surface area contributed by atoms with Gasteiger partial charge in [-0.05, 0) is 24.0 Å². The van der Waals surface area contributed by atoms with Crippen molar-refractivity contribution in [3.8, 4) is 12.1 Å². The number of thiazole rings is 1. The van der Waals surface area contributed by atoms with Crippen molar-refractivity contribution in [2.45, 2.75) is 11.3 Å². The van der Waals surface area contributed by atoms with Gasteiger partial charge in [-0.25, -0.2) is 4.98 Å². The fourth-order valence-electron chi connectivity index (χ4n) is 1.35. The zero-order valence-corrected chi connectivity index (χ0v) is 11.7. The molecule has 2 rings (SSSR count). The van der Waals surface area contributed by atoms with Crippen molar-refractivity contribution in [2.75, 3.05) is 11.2 Å². The van der Waals surface area contributed by atoms with Crippen LogP contribution in [0.4, 0.5) is 5.69 Å². The zero-order valence-electron chi connectivity index (χ0n) is 10.0. The molecule has 1 N–H and O–H groups in total. The number of nitrogens with one attached hydrogen (secondary N) is 1. The minimum Gasteiger partial charge on any atom is -0.276 e. The molecule has 0 spiro atoms. The van der Waals surface area contributed by atoms with Gasteiger partial charge in [0.05, 0.1) is 15.9 Å². The van der Waals surface area contributed by atoms with E-state index >= 15 is 0 Å². The Kier molecular flexibility index (Phi) is 4.35. The number of anilines is 1. The molecule has 19 heavy (non-hydrogen) atoms. The Morgan fingerprint density at radius 1 is 1.47 bits per heavy atom. The van der Waals surface area contributed by atoms with Gasteiger partial charge in [0.25, 0.3) is 0 Å². The number of aromatic nitrogens is 1. The lowest BCUT2D eigenvalue weighted by Gasteiger charge is -1.98. The van der Waals surface area contributed by atoms with E-state index in [2.05, 4.69) is 22.4 Å². The van der Waals surface area contributed by atoms with Crippen LogP contribution >= 0.6 is 23.1 Å². The zero-order chi connectivity index (χ0) is 13.7. The molecular weight excluding hydrogens is 278 g/mol. The van der Waals surface area contributed by atoms with Crippen molar-refractivity contribution < 1.29 is 0 Å². The second-order valence-electron chi connectivity index (χ2n) is 3.39. The van der Waals surface area contributed by atoms with Crippen LogP contribution in [0, 0.1) is 22.7 Å². The summed E-state index contributed by atoms with van der Waals surface area (Å²) in [5, 5.41) is 20.9. The first-order valence-corrected chi connectivity index (χ1v) is 7.24. The van der Waals surface area contributed by atoms with Crippen LogP contribution in [0.15, 0.2) is 27.6 Å². The van der Waals surface area contributed by atoms with Gasteiger partial charge in [-0.15, -0.1) is 11.3 Å². The van der Waals surface area contributed by atoms with E-state index in [-0.39, 0.29) is 5.71 Å². The molecule has 1 aromatic carbocycles. The van der Waals surface area contributed by atoms with Crippen LogP contribution < -0.4 is 5.43 Å². The minimum atomic E-state index is -0.202. The van der Waals surface area contributed by atoms with E-state index in [0.717, 1.165) is 26.0 Å². The van der Waals surface area contributed by atoms with E-state index in [9.17, 15) is 0 Å². The van der Waals surface area contributed by atoms with Crippen molar-refractivity contribution in [2.24, 2.45) is 5.10 Å². The monoisotopic (exact) mass is 287 g/mol. The first-order valence-electron chi connectivity index (χ1n) is 5.44. The maximum Gasteiger partial charge on any atom is 0.237 e. The van der Waals surface area contributed by atoms with Gasteiger partial charge in [-0.1, -0.05) is 18.7 Å². The van der Waals surface area contributed by atoms with Crippen molar-refractivity contribution in [1.29, 1.82) is 10.5 Å². The Balaban J connectivity index is 2.25. The third kappa shape index (κ3) is 3.22. The summed E-state index contributed by atoms with van der Waals surface area (Å²) in [7, 11) is 0. The van der Waals surface area contributed by atoms with E-state index in [1.807, 2.05) is 18.2 Å². The highest BCUT2D eigenvalue weighted by molar-refractivity contribution is 8.01. The molecule has 0 aliphatic carbocycles. The number of nitriles is 2. The Morgan fingerprint density at radius 2 is 2.26 bits per heavy atom. The molecule has 0 saturated heterocycles. The molecule has 0 bridgehead atoms. The molecule has 0 amide bonds. The van der Waals surface area contributed by atoms with E-state index in [0.29, 0.717) is 0 Å². The summed E-state index contributed by atoms with van der Waals surface area (Å²) in [6.07, 6.45) is 0. The molecule has 5 nitrogen and oxygen atoms in total. The largest absolute Gasteiger partial charge is 0.276 e. The standard InChI is InChI=1S/C12H9N5S2/c1-2-18-12-15-10-4-3-8(5-11(10)19-12)16-17-9(6-13)7-14/h3-5,16H,2H2,1H3. The van der Waals surface area contributed by atoms with Crippen LogP contribution in [0.25, 0.3) is 10.2 Å². The highest BCUT2D eigenvalue weighted by Gasteiger charge is 2.04. The molecule has 0 saturated carbocycles. The molecule has 0 atom stereocenters. The SMILES string of the molecule is CCSc1nc2ccc(NN=C(C#N)C#N)cc2s1. The lowest BCUT2D eigenvalue weighted by atomic mass is 10.3. The quantitative estimate of drug-likeness (QED) is 0.530. The average Bonchev–Trinajstić information content (AvgIpc) is 2.82. The number of hydrogen-bond acceptors (Lipinski definition) is 7. The summed E-state index contributed by atoms with van der Waals surface area (Å²) in [5.74, 6) is 0.989. The predicted molar refractivity (Wildman–Crippen MR) is 78.3 cm³/mol. The summed E-state index contributed by atoms with van der Waals surface area (Å²) < 4.78 is 2.08. The third-order valence-electron chi connectivity index (χ3n) is 2.15. The molecule has 1 heterocycles. The molecule has 0 fully saturated rings. The fourth-order valence-corrected chi connectivity index (χ4v) is 3.36. The van der Waals surface area contributed by atoms with Crippen molar-refractivity contribution in [3.05, 3.63) is 18.2 Å². The van der Waals surface area contributed by atoms with Crippen LogP contribution in [0.5, 0.6) is 0 Å². The minimum absolute atomic E-state index is 0.202. The number of nitrogens with zero attached hydrogens (tertiary/aromatic N) is 4.